The molecule has 2 nitrogen and oxygen atoms in total. The number of ether oxygens (including phenoxy) is 1. The van der Waals surface area contributed by atoms with Crippen LogP contribution in [-0.2, 0) is 9.53 Å². The molecule has 0 heterocycles. The Hall–Kier alpha value is -1.02. The normalized spacial score (nSPS) is 13.4. The Balaban J connectivity index is 4.15. The largest absolute Gasteiger partial charge is 0.466 e. The lowest BCUT2D eigenvalue weighted by Gasteiger charge is -2.28. The molecule has 9 heteroatoms. The van der Waals surface area contributed by atoms with Crippen molar-refractivity contribution in [3.8, 4) is 0 Å². The van der Waals surface area contributed by atoms with Gasteiger partial charge in [-0.3, -0.25) is 4.79 Å². The number of alkyl halides is 7. The van der Waals surface area contributed by atoms with E-state index in [1.165, 1.54) is 0 Å². The van der Waals surface area contributed by atoms with Gasteiger partial charge in [-0.25, -0.2) is 0 Å². The van der Waals surface area contributed by atoms with Crippen LogP contribution in [0.25, 0.3) is 0 Å². The molecule has 0 radical (unpaired) electrons. The summed E-state index contributed by atoms with van der Waals surface area (Å²) in [6.45, 7) is 1.71. The van der Waals surface area contributed by atoms with Crippen LogP contribution in [0.5, 0.6) is 0 Å². The second kappa shape index (κ2) is 7.12. The molecule has 0 N–H and O–H groups in total. The van der Waals surface area contributed by atoms with E-state index in [-0.39, 0.29) is 25.9 Å². The fourth-order valence-corrected chi connectivity index (χ4v) is 1.39. The zero-order chi connectivity index (χ0) is 16.0. The maximum Gasteiger partial charge on any atom is 0.459 e. The Morgan fingerprint density at radius 3 is 1.95 bits per heavy atom. The van der Waals surface area contributed by atoms with Gasteiger partial charge in [0.25, 0.3) is 0 Å². The van der Waals surface area contributed by atoms with Crippen LogP contribution in [-0.4, -0.2) is 30.6 Å². The Bertz CT molecular complexity index is 312. The van der Waals surface area contributed by atoms with Crippen molar-refractivity contribution in [2.24, 2.45) is 0 Å². The summed E-state index contributed by atoms with van der Waals surface area (Å²) in [5, 5.41) is 0. The summed E-state index contributed by atoms with van der Waals surface area (Å²) in [5.41, 5.74) is 0. The molecular weight excluding hydrogens is 297 g/mol. The van der Waals surface area contributed by atoms with Gasteiger partial charge in [-0.1, -0.05) is 6.42 Å². The summed E-state index contributed by atoms with van der Waals surface area (Å²) in [5.74, 6) is -11.8. The highest BCUT2D eigenvalue weighted by Crippen LogP contribution is 2.48. The van der Waals surface area contributed by atoms with Gasteiger partial charge in [-0.2, -0.15) is 30.7 Å². The predicted octanol–water partition coefficient (Wildman–Crippen LogP) is 4.33. The molecule has 0 aromatic carbocycles. The van der Waals surface area contributed by atoms with Crippen LogP contribution < -0.4 is 0 Å². The summed E-state index contributed by atoms with van der Waals surface area (Å²) in [6, 6.07) is 0. The van der Waals surface area contributed by atoms with Crippen molar-refractivity contribution in [2.75, 3.05) is 6.61 Å². The Labute approximate surface area is 111 Å². The van der Waals surface area contributed by atoms with Crippen molar-refractivity contribution < 1.29 is 40.3 Å². The number of hydrogen-bond acceptors (Lipinski definition) is 2. The standard InChI is InChI=1S/C11H15F7O2/c1-2-20-8(19)6-4-3-5-7-9(12,13)10(14,15)11(16,17)18/h2-7H2,1H3. The zero-order valence-electron chi connectivity index (χ0n) is 10.7. The maximum absolute atomic E-state index is 12.8. The van der Waals surface area contributed by atoms with Crippen LogP contribution in [0.15, 0.2) is 0 Å². The first-order valence-electron chi connectivity index (χ1n) is 5.93. The summed E-state index contributed by atoms with van der Waals surface area (Å²) >= 11 is 0. The predicted molar refractivity (Wildman–Crippen MR) is 55.7 cm³/mol. The van der Waals surface area contributed by atoms with E-state index in [0.29, 0.717) is 0 Å². The molecule has 0 aliphatic heterocycles. The topological polar surface area (TPSA) is 26.3 Å². The maximum atomic E-state index is 12.8. The molecule has 0 spiro atoms. The van der Waals surface area contributed by atoms with Crippen LogP contribution in [0.3, 0.4) is 0 Å². The van der Waals surface area contributed by atoms with Crippen molar-refractivity contribution in [2.45, 2.75) is 57.0 Å². The second-order valence-corrected chi connectivity index (χ2v) is 4.14. The third-order valence-corrected chi connectivity index (χ3v) is 2.49. The summed E-state index contributed by atoms with van der Waals surface area (Å²) in [7, 11) is 0. The molecular formula is C11H15F7O2. The third kappa shape index (κ3) is 5.16. The van der Waals surface area contributed by atoms with E-state index in [1.54, 1.807) is 6.92 Å². The molecule has 0 fully saturated rings. The van der Waals surface area contributed by atoms with Crippen LogP contribution >= 0.6 is 0 Å². The molecule has 0 saturated heterocycles. The zero-order valence-corrected chi connectivity index (χ0v) is 10.7. The Morgan fingerprint density at radius 2 is 1.50 bits per heavy atom. The first kappa shape index (κ1) is 19.0. The smallest absolute Gasteiger partial charge is 0.459 e. The van der Waals surface area contributed by atoms with Crippen molar-refractivity contribution >= 4 is 5.97 Å². The lowest BCUT2D eigenvalue weighted by Crippen LogP contribution is -2.51. The molecule has 20 heavy (non-hydrogen) atoms. The van der Waals surface area contributed by atoms with Crippen molar-refractivity contribution in [3.63, 3.8) is 0 Å². The lowest BCUT2D eigenvalue weighted by atomic mass is 10.0. The number of halogens is 7. The quantitative estimate of drug-likeness (QED) is 0.379. The molecule has 120 valence electrons. The number of carbonyl (C=O) groups excluding carboxylic acids is 1. The van der Waals surface area contributed by atoms with E-state index in [0.717, 1.165) is 0 Å². The van der Waals surface area contributed by atoms with Gasteiger partial charge in [0.2, 0.25) is 0 Å². The van der Waals surface area contributed by atoms with Crippen LogP contribution in [0, 0.1) is 0 Å². The molecule has 0 amide bonds. The van der Waals surface area contributed by atoms with Gasteiger partial charge < -0.3 is 4.74 Å². The van der Waals surface area contributed by atoms with Crippen molar-refractivity contribution in [1.82, 2.24) is 0 Å². The van der Waals surface area contributed by atoms with Crippen molar-refractivity contribution in [1.29, 1.82) is 0 Å². The minimum absolute atomic E-state index is 0.0671. The van der Waals surface area contributed by atoms with Crippen LogP contribution in [0.1, 0.15) is 39.0 Å². The Morgan fingerprint density at radius 1 is 0.950 bits per heavy atom. The van der Waals surface area contributed by atoms with Crippen LogP contribution in [0.2, 0.25) is 0 Å². The van der Waals surface area contributed by atoms with Gasteiger partial charge in [0.05, 0.1) is 6.61 Å². The van der Waals surface area contributed by atoms with Gasteiger partial charge in [0, 0.05) is 12.8 Å². The summed E-state index contributed by atoms with van der Waals surface area (Å²) in [4.78, 5) is 10.9. The van der Waals surface area contributed by atoms with Gasteiger partial charge in [-0.15, -0.1) is 0 Å². The minimum Gasteiger partial charge on any atom is -0.466 e. The third-order valence-electron chi connectivity index (χ3n) is 2.49. The fraction of sp³-hybridized carbons (Fsp3) is 0.909. The molecule has 0 atom stereocenters. The second-order valence-electron chi connectivity index (χ2n) is 4.14. The fourth-order valence-electron chi connectivity index (χ4n) is 1.39. The monoisotopic (exact) mass is 312 g/mol. The van der Waals surface area contributed by atoms with Gasteiger partial charge >= 0.3 is 24.0 Å². The molecule has 0 aliphatic carbocycles. The van der Waals surface area contributed by atoms with E-state index in [4.69, 9.17) is 0 Å². The molecule has 0 bridgehead atoms. The van der Waals surface area contributed by atoms with Gasteiger partial charge in [0.15, 0.2) is 0 Å². The molecule has 0 saturated carbocycles. The average Bonchev–Trinajstić information content (AvgIpc) is 2.27. The summed E-state index contributed by atoms with van der Waals surface area (Å²) in [6.07, 6.45) is -8.49. The molecule has 0 unspecified atom stereocenters. The van der Waals surface area contributed by atoms with Crippen LogP contribution in [0.4, 0.5) is 30.7 Å². The highest BCUT2D eigenvalue weighted by atomic mass is 19.4. The number of hydrogen-bond donors (Lipinski definition) is 0. The van der Waals surface area contributed by atoms with Gasteiger partial charge in [-0.05, 0) is 19.8 Å². The van der Waals surface area contributed by atoms with E-state index >= 15 is 0 Å². The average molecular weight is 312 g/mol. The molecule has 0 rings (SSSR count). The first-order valence-corrected chi connectivity index (χ1v) is 5.93. The number of rotatable bonds is 8. The molecule has 0 aromatic rings. The van der Waals surface area contributed by atoms with E-state index in [2.05, 4.69) is 4.74 Å². The lowest BCUT2D eigenvalue weighted by molar-refractivity contribution is -0.355. The summed E-state index contributed by atoms with van der Waals surface area (Å²) < 4.78 is 90.6. The highest BCUT2D eigenvalue weighted by molar-refractivity contribution is 5.69. The Kier molecular flexibility index (Phi) is 6.76. The number of esters is 1. The van der Waals surface area contributed by atoms with Crippen molar-refractivity contribution in [3.05, 3.63) is 0 Å². The van der Waals surface area contributed by atoms with Gasteiger partial charge in [0.1, 0.15) is 0 Å². The number of unbranched alkanes of at least 4 members (excludes halogenated alkanes) is 2. The SMILES string of the molecule is CCOC(=O)CCCCCC(F)(F)C(F)(F)C(F)(F)F. The molecule has 0 aliphatic rings. The minimum atomic E-state index is -6.29. The first-order chi connectivity index (χ1) is 8.95. The van der Waals surface area contributed by atoms with E-state index in [9.17, 15) is 35.5 Å². The van der Waals surface area contributed by atoms with E-state index < -0.39 is 36.8 Å². The highest BCUT2D eigenvalue weighted by Gasteiger charge is 2.72. The van der Waals surface area contributed by atoms with E-state index in [1.807, 2.05) is 0 Å². The number of carbonyl (C=O) groups is 1. The molecule has 0 aromatic heterocycles.